The summed E-state index contributed by atoms with van der Waals surface area (Å²) >= 11 is 5.97. The predicted molar refractivity (Wildman–Crippen MR) is 106 cm³/mol. The van der Waals surface area contributed by atoms with Gasteiger partial charge in [0.15, 0.2) is 0 Å². The van der Waals surface area contributed by atoms with E-state index in [1.807, 2.05) is 0 Å². The summed E-state index contributed by atoms with van der Waals surface area (Å²) in [6.07, 6.45) is 0.894. The lowest BCUT2D eigenvalue weighted by Gasteiger charge is -2.09. The molecule has 1 aromatic heterocycles. The summed E-state index contributed by atoms with van der Waals surface area (Å²) in [5.41, 5.74) is 2.47. The van der Waals surface area contributed by atoms with Crippen LogP contribution in [0.1, 0.15) is 30.8 Å². The van der Waals surface area contributed by atoms with Crippen LogP contribution in [-0.2, 0) is 0 Å². The van der Waals surface area contributed by atoms with E-state index >= 15 is 0 Å². The highest BCUT2D eigenvalue weighted by atomic mass is 35.5. The van der Waals surface area contributed by atoms with Crippen LogP contribution in [0.25, 0.3) is 16.9 Å². The van der Waals surface area contributed by atoms with Gasteiger partial charge < -0.3 is 5.32 Å². The molecule has 0 aliphatic rings. The second-order valence-electron chi connectivity index (χ2n) is 6.75. The number of aromatic nitrogens is 2. The summed E-state index contributed by atoms with van der Waals surface area (Å²) in [4.78, 5) is 12.7. The number of hydrogen-bond donors (Lipinski definition) is 1. The number of carbonyl (C=O) groups excluding carboxylic acids is 1. The van der Waals surface area contributed by atoms with Crippen molar-refractivity contribution in [3.8, 4) is 16.9 Å². The molecule has 0 saturated carbocycles. The van der Waals surface area contributed by atoms with E-state index in [0.717, 1.165) is 17.7 Å². The Morgan fingerprint density at radius 2 is 1.81 bits per heavy atom. The summed E-state index contributed by atoms with van der Waals surface area (Å²) in [6, 6.07) is 14.8. The lowest BCUT2D eigenvalue weighted by Crippen LogP contribution is -2.27. The second-order valence-corrected chi connectivity index (χ2v) is 7.18. The van der Waals surface area contributed by atoms with Crippen molar-refractivity contribution in [2.45, 2.75) is 20.3 Å². The number of halogens is 2. The Balaban J connectivity index is 1.97. The molecule has 1 N–H and O–H groups in total. The minimum atomic E-state index is -0.317. The SMILES string of the molecule is CC(C)CCNC(=O)c1cc(-c2ccc(F)cc2)nn1-c1ccc(Cl)cc1. The van der Waals surface area contributed by atoms with Crippen molar-refractivity contribution in [3.05, 3.63) is 71.1 Å². The van der Waals surface area contributed by atoms with Gasteiger partial charge in [-0.3, -0.25) is 4.79 Å². The van der Waals surface area contributed by atoms with E-state index in [2.05, 4.69) is 24.3 Å². The van der Waals surface area contributed by atoms with Crippen LogP contribution in [-0.4, -0.2) is 22.2 Å². The molecule has 0 bridgehead atoms. The second kappa shape index (κ2) is 8.35. The summed E-state index contributed by atoms with van der Waals surface area (Å²) < 4.78 is 14.8. The number of benzene rings is 2. The zero-order valence-electron chi connectivity index (χ0n) is 15.2. The van der Waals surface area contributed by atoms with Crippen molar-refractivity contribution in [3.63, 3.8) is 0 Å². The molecule has 0 aliphatic carbocycles. The number of nitrogens with zero attached hydrogens (tertiary/aromatic N) is 2. The van der Waals surface area contributed by atoms with Crippen LogP contribution in [0, 0.1) is 11.7 Å². The molecule has 6 heteroatoms. The zero-order chi connectivity index (χ0) is 19.4. The zero-order valence-corrected chi connectivity index (χ0v) is 16.0. The lowest BCUT2D eigenvalue weighted by atomic mass is 10.1. The van der Waals surface area contributed by atoms with Gasteiger partial charge in [0.05, 0.1) is 11.4 Å². The fraction of sp³-hybridized carbons (Fsp3) is 0.238. The molecule has 4 nitrogen and oxygen atoms in total. The van der Waals surface area contributed by atoms with Gasteiger partial charge in [0.1, 0.15) is 11.5 Å². The maximum absolute atomic E-state index is 13.2. The quantitative estimate of drug-likeness (QED) is 0.641. The molecule has 0 aliphatic heterocycles. The summed E-state index contributed by atoms with van der Waals surface area (Å²) in [6.45, 7) is 4.81. The van der Waals surface area contributed by atoms with Crippen LogP contribution >= 0.6 is 11.6 Å². The molecular weight excluding hydrogens is 365 g/mol. The fourth-order valence-electron chi connectivity index (χ4n) is 2.65. The molecule has 0 fully saturated rings. The molecule has 0 radical (unpaired) electrons. The van der Waals surface area contributed by atoms with Crippen molar-refractivity contribution in [2.24, 2.45) is 5.92 Å². The molecule has 0 spiro atoms. The number of amides is 1. The Bertz CT molecular complexity index is 918. The fourth-order valence-corrected chi connectivity index (χ4v) is 2.77. The van der Waals surface area contributed by atoms with Gasteiger partial charge in [-0.15, -0.1) is 0 Å². The minimum absolute atomic E-state index is 0.202. The highest BCUT2D eigenvalue weighted by Crippen LogP contribution is 2.23. The first-order valence-corrected chi connectivity index (χ1v) is 9.22. The molecule has 2 aromatic carbocycles. The van der Waals surface area contributed by atoms with Crippen molar-refractivity contribution in [1.82, 2.24) is 15.1 Å². The van der Waals surface area contributed by atoms with E-state index in [9.17, 15) is 9.18 Å². The average molecular weight is 386 g/mol. The molecular formula is C21H21ClFN3O. The van der Waals surface area contributed by atoms with Gasteiger partial charge in [0.2, 0.25) is 0 Å². The molecule has 1 amide bonds. The van der Waals surface area contributed by atoms with E-state index in [4.69, 9.17) is 11.6 Å². The number of hydrogen-bond acceptors (Lipinski definition) is 2. The highest BCUT2D eigenvalue weighted by molar-refractivity contribution is 6.30. The third kappa shape index (κ3) is 4.74. The number of nitrogens with one attached hydrogen (secondary N) is 1. The average Bonchev–Trinajstić information content (AvgIpc) is 3.08. The van der Waals surface area contributed by atoms with Gasteiger partial charge in [-0.05, 0) is 66.9 Å². The van der Waals surface area contributed by atoms with Crippen molar-refractivity contribution in [2.75, 3.05) is 6.54 Å². The van der Waals surface area contributed by atoms with Crippen molar-refractivity contribution >= 4 is 17.5 Å². The highest BCUT2D eigenvalue weighted by Gasteiger charge is 2.17. The normalized spacial score (nSPS) is 11.0. The third-order valence-corrected chi connectivity index (χ3v) is 4.41. The number of rotatable bonds is 6. The molecule has 1 heterocycles. The molecule has 0 saturated heterocycles. The predicted octanol–water partition coefficient (Wildman–Crippen LogP) is 5.11. The van der Waals surface area contributed by atoms with Gasteiger partial charge >= 0.3 is 0 Å². The maximum Gasteiger partial charge on any atom is 0.270 e. The van der Waals surface area contributed by atoms with Crippen LogP contribution in [0.3, 0.4) is 0 Å². The smallest absolute Gasteiger partial charge is 0.270 e. The summed E-state index contributed by atoms with van der Waals surface area (Å²) in [5, 5.41) is 8.11. The summed E-state index contributed by atoms with van der Waals surface area (Å²) in [5.74, 6) is -0.0183. The minimum Gasteiger partial charge on any atom is -0.351 e. The van der Waals surface area contributed by atoms with E-state index < -0.39 is 0 Å². The third-order valence-electron chi connectivity index (χ3n) is 4.16. The first kappa shape index (κ1) is 19.1. The Morgan fingerprint density at radius 3 is 2.44 bits per heavy atom. The van der Waals surface area contributed by atoms with Gasteiger partial charge in [-0.25, -0.2) is 9.07 Å². The van der Waals surface area contributed by atoms with E-state index in [-0.39, 0.29) is 11.7 Å². The molecule has 140 valence electrons. The Morgan fingerprint density at radius 1 is 1.15 bits per heavy atom. The monoisotopic (exact) mass is 385 g/mol. The molecule has 3 aromatic rings. The largest absolute Gasteiger partial charge is 0.351 e. The van der Waals surface area contributed by atoms with E-state index in [1.54, 1.807) is 47.1 Å². The van der Waals surface area contributed by atoms with Crippen LogP contribution in [0.5, 0.6) is 0 Å². The standard InChI is InChI=1S/C21H21ClFN3O/c1-14(2)11-12-24-21(27)20-13-19(15-3-7-17(23)8-4-15)25-26(20)18-9-5-16(22)6-10-18/h3-10,13-14H,11-12H2,1-2H3,(H,24,27). The lowest BCUT2D eigenvalue weighted by molar-refractivity contribution is 0.0944. The molecule has 0 unspecified atom stereocenters. The summed E-state index contributed by atoms with van der Waals surface area (Å²) in [7, 11) is 0. The first-order valence-electron chi connectivity index (χ1n) is 8.84. The van der Waals surface area contributed by atoms with Crippen LogP contribution in [0.2, 0.25) is 5.02 Å². The molecule has 0 atom stereocenters. The molecule has 27 heavy (non-hydrogen) atoms. The van der Waals surface area contributed by atoms with Gasteiger partial charge in [0.25, 0.3) is 5.91 Å². The Kier molecular flexibility index (Phi) is 5.91. The number of carbonyl (C=O) groups is 1. The first-order chi connectivity index (χ1) is 12.9. The topological polar surface area (TPSA) is 46.9 Å². The van der Waals surface area contributed by atoms with Crippen molar-refractivity contribution in [1.29, 1.82) is 0 Å². The van der Waals surface area contributed by atoms with Crippen LogP contribution in [0.4, 0.5) is 4.39 Å². The van der Waals surface area contributed by atoms with Gasteiger partial charge in [-0.1, -0.05) is 25.4 Å². The maximum atomic E-state index is 13.2. The molecule has 3 rings (SSSR count). The Labute approximate surface area is 163 Å². The van der Waals surface area contributed by atoms with Gasteiger partial charge in [-0.2, -0.15) is 5.10 Å². The Hall–Kier alpha value is -2.66. The van der Waals surface area contributed by atoms with Crippen LogP contribution in [0.15, 0.2) is 54.6 Å². The van der Waals surface area contributed by atoms with Crippen LogP contribution < -0.4 is 5.32 Å². The van der Waals surface area contributed by atoms with Gasteiger partial charge in [0, 0.05) is 17.1 Å². The van der Waals surface area contributed by atoms with Crippen molar-refractivity contribution < 1.29 is 9.18 Å². The van der Waals surface area contributed by atoms with E-state index in [1.165, 1.54) is 12.1 Å². The van der Waals surface area contributed by atoms with E-state index in [0.29, 0.717) is 28.9 Å².